The van der Waals surface area contributed by atoms with E-state index in [-0.39, 0.29) is 0 Å². The van der Waals surface area contributed by atoms with Crippen molar-refractivity contribution in [3.05, 3.63) is 65.4 Å². The van der Waals surface area contributed by atoms with Crippen LogP contribution in [0.25, 0.3) is 38.5 Å². The van der Waals surface area contributed by atoms with E-state index < -0.39 is 0 Å². The Labute approximate surface area is 207 Å². The number of fused-ring (bicyclic) bond motifs is 8. The number of hydrogen-bond acceptors (Lipinski definition) is 1. The number of benzene rings is 2. The molecule has 3 heterocycles. The molecule has 178 valence electrons. The molecule has 0 spiro atoms. The molecule has 2 aliphatic rings. The van der Waals surface area contributed by atoms with Crippen molar-refractivity contribution in [2.24, 2.45) is 7.05 Å². The Morgan fingerprint density at radius 1 is 0.771 bits per heavy atom. The minimum atomic E-state index is 0.655. The van der Waals surface area contributed by atoms with Crippen LogP contribution in [0.4, 0.5) is 0 Å². The minimum Gasteiger partial charge on any atom is -0.255 e. The lowest BCUT2D eigenvalue weighted by atomic mass is 9.74. The number of para-hydroxylation sites is 2. The van der Waals surface area contributed by atoms with Gasteiger partial charge in [0, 0.05) is 6.20 Å². The summed E-state index contributed by atoms with van der Waals surface area (Å²) >= 11 is 0. The van der Waals surface area contributed by atoms with Gasteiger partial charge >= 0.3 is 0 Å². The zero-order valence-electron chi connectivity index (χ0n) is 21.2. The zero-order valence-corrected chi connectivity index (χ0v) is 21.2. The van der Waals surface area contributed by atoms with Gasteiger partial charge in [-0.25, -0.2) is 4.57 Å². The van der Waals surface area contributed by atoms with Gasteiger partial charge in [-0.2, -0.15) is 4.40 Å². The molecule has 0 radical (unpaired) electrons. The Hall–Kier alpha value is -2.94. The van der Waals surface area contributed by atoms with Crippen LogP contribution in [-0.4, -0.2) is 9.38 Å². The maximum Gasteiger partial charge on any atom is 0.297 e. The molecule has 2 saturated carbocycles. The Morgan fingerprint density at radius 2 is 1.49 bits per heavy atom. The summed E-state index contributed by atoms with van der Waals surface area (Å²) in [5.41, 5.74) is 11.0. The molecule has 0 N–H and O–H groups in total. The Balaban J connectivity index is 1.70. The van der Waals surface area contributed by atoms with Gasteiger partial charge in [0.2, 0.25) is 0 Å². The van der Waals surface area contributed by atoms with Crippen LogP contribution in [-0.2, 0) is 7.05 Å². The molecule has 2 aliphatic carbocycles. The van der Waals surface area contributed by atoms with Crippen LogP contribution in [0.1, 0.15) is 92.7 Å². The third-order valence-electron chi connectivity index (χ3n) is 9.19. The van der Waals surface area contributed by atoms with E-state index in [1.165, 1.54) is 108 Å². The van der Waals surface area contributed by atoms with Crippen LogP contribution in [0.3, 0.4) is 0 Å². The summed E-state index contributed by atoms with van der Waals surface area (Å²) in [5, 5.41) is 2.75. The molecule has 7 rings (SSSR count). The first-order valence-corrected chi connectivity index (χ1v) is 13.9. The normalized spacial score (nSPS) is 18.3. The van der Waals surface area contributed by atoms with Gasteiger partial charge in [0.1, 0.15) is 5.52 Å². The number of rotatable bonds is 2. The first-order chi connectivity index (χ1) is 17.2. The molecular formula is C32H36N3+. The molecule has 5 aromatic rings. The van der Waals surface area contributed by atoms with Gasteiger partial charge in [0.25, 0.3) is 5.65 Å². The summed E-state index contributed by atoms with van der Waals surface area (Å²) in [6, 6.07) is 16.0. The van der Waals surface area contributed by atoms with Gasteiger partial charge in [-0.1, -0.05) is 56.7 Å². The largest absolute Gasteiger partial charge is 0.297 e. The summed E-state index contributed by atoms with van der Waals surface area (Å²) in [5.74, 6) is 1.36. The van der Waals surface area contributed by atoms with Gasteiger partial charge in [-0.3, -0.25) is 4.98 Å². The average Bonchev–Trinajstić information content (AvgIpc) is 3.21. The van der Waals surface area contributed by atoms with Crippen LogP contribution in [0.5, 0.6) is 0 Å². The average molecular weight is 463 g/mol. The molecule has 3 aromatic heterocycles. The van der Waals surface area contributed by atoms with Crippen LogP contribution >= 0.6 is 0 Å². The third kappa shape index (κ3) is 3.16. The predicted octanol–water partition coefficient (Wildman–Crippen LogP) is 8.02. The minimum absolute atomic E-state index is 0.655. The lowest BCUT2D eigenvalue weighted by Crippen LogP contribution is -2.27. The summed E-state index contributed by atoms with van der Waals surface area (Å²) in [7, 11) is 2.22. The van der Waals surface area contributed by atoms with E-state index in [1.807, 2.05) is 6.20 Å². The SMILES string of the molecule is Cc1ccnc2c3c(C4CCCCC4)c(C4CCCCC4)ccc3n3c4ccccc4[n+](C)c3c12. The van der Waals surface area contributed by atoms with E-state index in [2.05, 4.69) is 65.4 Å². The first-order valence-electron chi connectivity index (χ1n) is 13.9. The summed E-state index contributed by atoms with van der Waals surface area (Å²) in [6.07, 6.45) is 15.6. The van der Waals surface area contributed by atoms with Crippen LogP contribution in [0, 0.1) is 6.92 Å². The van der Waals surface area contributed by atoms with E-state index >= 15 is 0 Å². The highest BCUT2D eigenvalue weighted by atomic mass is 15.1. The second kappa shape index (κ2) is 8.33. The fourth-order valence-electron chi connectivity index (χ4n) is 7.53. The highest BCUT2D eigenvalue weighted by molar-refractivity contribution is 6.13. The maximum absolute atomic E-state index is 5.15. The second-order valence-electron chi connectivity index (χ2n) is 11.2. The Morgan fingerprint density at radius 3 is 2.26 bits per heavy atom. The zero-order chi connectivity index (χ0) is 23.5. The van der Waals surface area contributed by atoms with Gasteiger partial charge in [-0.15, -0.1) is 0 Å². The first kappa shape index (κ1) is 21.4. The van der Waals surface area contributed by atoms with E-state index in [0.29, 0.717) is 11.8 Å². The van der Waals surface area contributed by atoms with Crippen molar-refractivity contribution < 1.29 is 4.57 Å². The summed E-state index contributed by atoms with van der Waals surface area (Å²) < 4.78 is 4.92. The molecule has 2 fully saturated rings. The molecule has 2 aromatic carbocycles. The number of pyridine rings is 2. The topological polar surface area (TPSA) is 21.2 Å². The summed E-state index contributed by atoms with van der Waals surface area (Å²) in [4.78, 5) is 5.15. The lowest BCUT2D eigenvalue weighted by molar-refractivity contribution is -0.617. The van der Waals surface area contributed by atoms with Crippen LogP contribution in [0.15, 0.2) is 48.7 Å². The van der Waals surface area contributed by atoms with E-state index in [9.17, 15) is 0 Å². The monoisotopic (exact) mass is 462 g/mol. The van der Waals surface area contributed by atoms with Crippen molar-refractivity contribution >= 4 is 38.5 Å². The summed E-state index contributed by atoms with van der Waals surface area (Å²) in [6.45, 7) is 2.26. The number of nitrogens with zero attached hydrogens (tertiary/aromatic N) is 3. The number of aromatic nitrogens is 3. The van der Waals surface area contributed by atoms with Gasteiger partial charge in [-0.05, 0) is 85.4 Å². The van der Waals surface area contributed by atoms with Crippen molar-refractivity contribution in [1.82, 2.24) is 9.38 Å². The molecule has 0 atom stereocenters. The Kier molecular flexibility index (Phi) is 5.08. The molecule has 0 saturated heterocycles. The molecule has 0 bridgehead atoms. The van der Waals surface area contributed by atoms with Gasteiger partial charge in [0.05, 0.1) is 23.3 Å². The number of hydrogen-bond donors (Lipinski definition) is 0. The Bertz CT molecular complexity index is 1580. The number of aryl methyl sites for hydroxylation is 2. The fraction of sp³-hybridized carbons (Fsp3) is 0.438. The van der Waals surface area contributed by atoms with Crippen molar-refractivity contribution in [3.8, 4) is 0 Å². The molecular weight excluding hydrogens is 426 g/mol. The molecule has 3 nitrogen and oxygen atoms in total. The van der Waals surface area contributed by atoms with Gasteiger partial charge < -0.3 is 0 Å². The standard InChI is InChI=1S/C32H36N3/c1-21-19-20-33-31-28(21)32-34(2)25-15-9-10-16-26(25)35(32)27-18-17-24(22-11-5-3-6-12-22)29(30(27)31)23-13-7-4-8-14-23/h9-10,15-20,22-23H,3-8,11-14H2,1-2H3/q+1. The van der Waals surface area contributed by atoms with Crippen molar-refractivity contribution in [3.63, 3.8) is 0 Å². The highest BCUT2D eigenvalue weighted by Gasteiger charge is 2.31. The second-order valence-corrected chi connectivity index (χ2v) is 11.2. The molecule has 3 heteroatoms. The van der Waals surface area contributed by atoms with Crippen LogP contribution in [0.2, 0.25) is 0 Å². The van der Waals surface area contributed by atoms with E-state index in [4.69, 9.17) is 4.98 Å². The molecule has 35 heavy (non-hydrogen) atoms. The van der Waals surface area contributed by atoms with E-state index in [1.54, 1.807) is 11.1 Å². The van der Waals surface area contributed by atoms with E-state index in [0.717, 1.165) is 0 Å². The van der Waals surface area contributed by atoms with Crippen molar-refractivity contribution in [2.45, 2.75) is 83.0 Å². The third-order valence-corrected chi connectivity index (χ3v) is 9.19. The van der Waals surface area contributed by atoms with Crippen molar-refractivity contribution in [1.29, 1.82) is 0 Å². The lowest BCUT2D eigenvalue weighted by Gasteiger charge is -2.30. The smallest absolute Gasteiger partial charge is 0.255 e. The highest BCUT2D eigenvalue weighted by Crippen LogP contribution is 2.46. The van der Waals surface area contributed by atoms with Gasteiger partial charge in [0.15, 0.2) is 11.0 Å². The quantitative estimate of drug-likeness (QED) is 0.192. The predicted molar refractivity (Wildman–Crippen MR) is 145 cm³/mol. The molecule has 0 unspecified atom stereocenters. The molecule has 0 amide bonds. The molecule has 0 aliphatic heterocycles. The number of imidazole rings is 1. The fourth-order valence-corrected chi connectivity index (χ4v) is 7.53. The maximum atomic E-state index is 5.15. The van der Waals surface area contributed by atoms with Crippen molar-refractivity contribution in [2.75, 3.05) is 0 Å². The van der Waals surface area contributed by atoms with Crippen LogP contribution < -0.4 is 4.57 Å².